The molecular weight excluding hydrogens is 244 g/mol. The van der Waals surface area contributed by atoms with Crippen molar-refractivity contribution in [1.82, 2.24) is 0 Å². The zero-order chi connectivity index (χ0) is 13.5. The third-order valence-corrected chi connectivity index (χ3v) is 3.86. The van der Waals surface area contributed by atoms with E-state index >= 15 is 0 Å². The Kier molecular flexibility index (Phi) is 2.33. The van der Waals surface area contributed by atoms with E-state index in [1.54, 1.807) is 0 Å². The van der Waals surface area contributed by atoms with Crippen molar-refractivity contribution in [2.45, 2.75) is 0 Å². The fourth-order valence-electron chi connectivity index (χ4n) is 2.95. The fourth-order valence-corrected chi connectivity index (χ4v) is 2.95. The lowest BCUT2D eigenvalue weighted by atomic mass is 10.0. The third kappa shape index (κ3) is 1.53. The van der Waals surface area contributed by atoms with E-state index < -0.39 is 0 Å². The molecule has 0 fully saturated rings. The van der Waals surface area contributed by atoms with Crippen LogP contribution in [0, 0.1) is 0 Å². The van der Waals surface area contributed by atoms with Crippen LogP contribution >= 0.6 is 0 Å². The quantitative estimate of drug-likeness (QED) is 0.442. The van der Waals surface area contributed by atoms with E-state index in [0.717, 1.165) is 23.0 Å². The largest absolute Gasteiger partial charge is 0.298 e. The van der Waals surface area contributed by atoms with Gasteiger partial charge in [-0.1, -0.05) is 48.5 Å². The summed E-state index contributed by atoms with van der Waals surface area (Å²) in [5, 5.41) is 4.77. The van der Waals surface area contributed by atoms with Crippen molar-refractivity contribution in [2.24, 2.45) is 0 Å². The molecule has 94 valence electrons. The summed E-state index contributed by atoms with van der Waals surface area (Å²) in [5.41, 5.74) is 3.02. The van der Waals surface area contributed by atoms with Crippen molar-refractivity contribution in [3.05, 3.63) is 72.3 Å². The second-order valence-electron chi connectivity index (χ2n) is 5.05. The number of hydrogen-bond acceptors (Lipinski definition) is 1. The standard InChI is InChI=1S/C19H12O/c20-12-13-9-18-16-7-3-1-5-14(16)11-15-6-2-4-8-17(15)19(18)10-13/h1-12H. The number of fused-ring (bicyclic) bond motifs is 5. The minimum atomic E-state index is 0.738. The Morgan fingerprint density at radius 3 is 1.65 bits per heavy atom. The third-order valence-electron chi connectivity index (χ3n) is 3.86. The summed E-state index contributed by atoms with van der Waals surface area (Å²) in [6.07, 6.45) is 0.920. The van der Waals surface area contributed by atoms with E-state index in [0.29, 0.717) is 0 Å². The summed E-state index contributed by atoms with van der Waals surface area (Å²) in [7, 11) is 0. The van der Waals surface area contributed by atoms with Crippen LogP contribution in [0.5, 0.6) is 0 Å². The highest BCUT2D eigenvalue weighted by molar-refractivity contribution is 6.10. The summed E-state index contributed by atoms with van der Waals surface area (Å²) in [5.74, 6) is 0. The smallest absolute Gasteiger partial charge is 0.150 e. The van der Waals surface area contributed by atoms with Gasteiger partial charge in [0.25, 0.3) is 0 Å². The van der Waals surface area contributed by atoms with E-state index in [2.05, 4.69) is 30.3 Å². The predicted molar refractivity (Wildman–Crippen MR) is 83.5 cm³/mol. The molecule has 2 aromatic carbocycles. The molecule has 0 saturated heterocycles. The number of rotatable bonds is 1. The monoisotopic (exact) mass is 256 g/mol. The van der Waals surface area contributed by atoms with Gasteiger partial charge >= 0.3 is 0 Å². The van der Waals surface area contributed by atoms with Crippen molar-refractivity contribution in [2.75, 3.05) is 0 Å². The summed E-state index contributed by atoms with van der Waals surface area (Å²) >= 11 is 0. The van der Waals surface area contributed by atoms with Crippen LogP contribution in [0.2, 0.25) is 0 Å². The van der Waals surface area contributed by atoms with E-state index in [-0.39, 0.29) is 0 Å². The van der Waals surface area contributed by atoms with Crippen LogP contribution in [0.25, 0.3) is 32.7 Å². The first-order valence-corrected chi connectivity index (χ1v) is 6.66. The van der Waals surface area contributed by atoms with Gasteiger partial charge in [-0.15, -0.1) is 0 Å². The highest BCUT2D eigenvalue weighted by Crippen LogP contribution is 2.37. The summed E-state index contributed by atoms with van der Waals surface area (Å²) in [6, 6.07) is 22.8. The molecule has 1 nitrogen and oxygen atoms in total. The van der Waals surface area contributed by atoms with Gasteiger partial charge in [-0.3, -0.25) is 4.79 Å². The van der Waals surface area contributed by atoms with Crippen molar-refractivity contribution in [3.8, 4) is 11.1 Å². The van der Waals surface area contributed by atoms with E-state index in [1.807, 2.05) is 36.4 Å². The molecule has 0 saturated carbocycles. The SMILES string of the molecule is O=Cc1cc2c3ccccc3cc3ccccc3c-2c1. The minimum absolute atomic E-state index is 0.738. The molecule has 0 unspecified atom stereocenters. The zero-order valence-electron chi connectivity index (χ0n) is 10.8. The molecule has 0 amide bonds. The first-order chi connectivity index (χ1) is 9.86. The zero-order valence-corrected chi connectivity index (χ0v) is 10.8. The van der Waals surface area contributed by atoms with Gasteiger partial charge in [0.2, 0.25) is 0 Å². The Bertz CT molecular complexity index is 851. The van der Waals surface area contributed by atoms with Crippen LogP contribution in [0.4, 0.5) is 0 Å². The molecule has 0 atom stereocenters. The van der Waals surface area contributed by atoms with Crippen LogP contribution in [-0.2, 0) is 0 Å². The number of carbonyl (C=O) groups is 1. The Hall–Kier alpha value is -2.67. The van der Waals surface area contributed by atoms with Crippen molar-refractivity contribution in [1.29, 1.82) is 0 Å². The van der Waals surface area contributed by atoms with Gasteiger partial charge in [0.15, 0.2) is 0 Å². The van der Waals surface area contributed by atoms with Gasteiger partial charge in [-0.2, -0.15) is 0 Å². The molecule has 0 spiro atoms. The maximum absolute atomic E-state index is 11.1. The second-order valence-corrected chi connectivity index (χ2v) is 5.05. The molecule has 20 heavy (non-hydrogen) atoms. The maximum atomic E-state index is 11.1. The van der Waals surface area contributed by atoms with Crippen molar-refractivity contribution < 1.29 is 4.79 Å². The number of aldehydes is 1. The Morgan fingerprint density at radius 1 is 0.650 bits per heavy atom. The molecule has 1 heteroatoms. The van der Waals surface area contributed by atoms with Crippen LogP contribution in [-0.4, -0.2) is 6.29 Å². The van der Waals surface area contributed by atoms with Crippen LogP contribution < -0.4 is 0 Å². The molecule has 0 radical (unpaired) electrons. The van der Waals surface area contributed by atoms with Gasteiger partial charge in [0, 0.05) is 5.56 Å². The number of hydrogen-bond donors (Lipinski definition) is 0. The second kappa shape index (κ2) is 4.17. The van der Waals surface area contributed by atoms with E-state index in [1.165, 1.54) is 21.5 Å². The number of carbonyl (C=O) groups excluding carboxylic acids is 1. The molecule has 0 N–H and O–H groups in total. The van der Waals surface area contributed by atoms with Gasteiger partial charge in [-0.05, 0) is 50.9 Å². The molecule has 4 rings (SSSR count). The summed E-state index contributed by atoms with van der Waals surface area (Å²) in [6.45, 7) is 0. The van der Waals surface area contributed by atoms with Crippen LogP contribution in [0.1, 0.15) is 10.4 Å². The lowest BCUT2D eigenvalue weighted by molar-refractivity contribution is 0.112. The summed E-state index contributed by atoms with van der Waals surface area (Å²) in [4.78, 5) is 11.1. The van der Waals surface area contributed by atoms with Gasteiger partial charge < -0.3 is 0 Å². The molecule has 2 aliphatic carbocycles. The summed E-state index contributed by atoms with van der Waals surface area (Å²) < 4.78 is 0. The first-order valence-electron chi connectivity index (χ1n) is 6.66. The lowest BCUT2D eigenvalue weighted by Gasteiger charge is -1.99. The Balaban J connectivity index is 2.33. The average molecular weight is 256 g/mol. The molecular formula is C19H12O. The molecule has 0 aromatic heterocycles. The maximum Gasteiger partial charge on any atom is 0.150 e. The van der Waals surface area contributed by atoms with Crippen LogP contribution in [0.15, 0.2) is 66.7 Å². The number of benzene rings is 2. The Morgan fingerprint density at radius 2 is 1.15 bits per heavy atom. The molecule has 2 aliphatic rings. The van der Waals surface area contributed by atoms with E-state index in [9.17, 15) is 4.79 Å². The van der Waals surface area contributed by atoms with Gasteiger partial charge in [-0.25, -0.2) is 0 Å². The topological polar surface area (TPSA) is 17.1 Å². The van der Waals surface area contributed by atoms with Crippen LogP contribution in [0.3, 0.4) is 0 Å². The fraction of sp³-hybridized carbons (Fsp3) is 0. The van der Waals surface area contributed by atoms with Gasteiger partial charge in [0.1, 0.15) is 6.29 Å². The van der Waals surface area contributed by atoms with Gasteiger partial charge in [0.05, 0.1) is 0 Å². The molecule has 0 aliphatic heterocycles. The highest BCUT2D eigenvalue weighted by atomic mass is 16.1. The molecule has 0 heterocycles. The predicted octanol–water partition coefficient (Wildman–Crippen LogP) is 4.91. The first kappa shape index (κ1) is 11.2. The molecule has 0 bridgehead atoms. The molecule has 2 aromatic rings. The normalized spacial score (nSPS) is 11.2. The highest BCUT2D eigenvalue weighted by Gasteiger charge is 2.12. The average Bonchev–Trinajstić information content (AvgIpc) is 2.87. The Labute approximate surface area is 116 Å². The van der Waals surface area contributed by atoms with Crippen molar-refractivity contribution in [3.63, 3.8) is 0 Å². The lowest BCUT2D eigenvalue weighted by Crippen LogP contribution is -1.72. The minimum Gasteiger partial charge on any atom is -0.298 e. The van der Waals surface area contributed by atoms with Crippen molar-refractivity contribution >= 4 is 27.8 Å². The van der Waals surface area contributed by atoms with E-state index in [4.69, 9.17) is 0 Å².